The number of para-hydroxylation sites is 1. The number of carbonyl (C=O) groups excluding carboxylic acids is 1. The Morgan fingerprint density at radius 1 is 1.18 bits per heavy atom. The molecule has 1 saturated heterocycles. The molecule has 146 valence electrons. The van der Waals surface area contributed by atoms with Gasteiger partial charge in [-0.1, -0.05) is 19.1 Å². The zero-order valence-electron chi connectivity index (χ0n) is 16.7. The predicted octanol–water partition coefficient (Wildman–Crippen LogP) is 3.17. The highest BCUT2D eigenvalue weighted by atomic mass is 16.1. The second kappa shape index (κ2) is 6.89. The van der Waals surface area contributed by atoms with E-state index in [1.807, 2.05) is 12.1 Å². The molecular weight excluding hydrogens is 348 g/mol. The van der Waals surface area contributed by atoms with Crippen LogP contribution in [0.15, 0.2) is 42.7 Å². The minimum absolute atomic E-state index is 0.0446. The molecule has 0 aliphatic carbocycles. The van der Waals surface area contributed by atoms with Crippen molar-refractivity contribution in [3.05, 3.63) is 53.9 Å². The number of hydrogen-bond acceptors (Lipinski definition) is 5. The highest BCUT2D eigenvalue weighted by Gasteiger charge is 2.45. The minimum Gasteiger partial charge on any atom is -0.371 e. The number of piperidine rings is 1. The van der Waals surface area contributed by atoms with Crippen molar-refractivity contribution < 1.29 is 4.79 Å². The van der Waals surface area contributed by atoms with E-state index in [9.17, 15) is 4.79 Å². The summed E-state index contributed by atoms with van der Waals surface area (Å²) in [6.07, 6.45) is 5.40. The number of carbonyl (C=O) groups is 1. The van der Waals surface area contributed by atoms with E-state index in [1.165, 1.54) is 16.9 Å². The first kappa shape index (κ1) is 17.7. The smallest absolute Gasteiger partial charge is 0.180 e. The number of hydrogen-bond donors (Lipinski definition) is 0. The van der Waals surface area contributed by atoms with Crippen molar-refractivity contribution in [2.45, 2.75) is 37.8 Å². The number of rotatable bonds is 4. The maximum absolute atomic E-state index is 13.2. The summed E-state index contributed by atoms with van der Waals surface area (Å²) in [6.45, 7) is 6.28. The van der Waals surface area contributed by atoms with E-state index in [2.05, 4.69) is 51.9 Å². The fraction of sp³-hybridized carbons (Fsp3) is 0.478. The predicted molar refractivity (Wildman–Crippen MR) is 112 cm³/mol. The first-order valence-electron chi connectivity index (χ1n) is 10.5. The molecule has 3 aliphatic heterocycles. The average Bonchev–Trinajstić information content (AvgIpc) is 3.06. The summed E-state index contributed by atoms with van der Waals surface area (Å²) >= 11 is 0. The number of pyridine rings is 1. The molecule has 0 radical (unpaired) electrons. The van der Waals surface area contributed by atoms with Crippen molar-refractivity contribution in [3.8, 4) is 0 Å². The molecule has 3 aliphatic rings. The molecule has 5 nitrogen and oxygen atoms in total. The maximum atomic E-state index is 13.2. The van der Waals surface area contributed by atoms with Crippen LogP contribution in [0.4, 0.5) is 11.4 Å². The van der Waals surface area contributed by atoms with Gasteiger partial charge in [0.25, 0.3) is 0 Å². The van der Waals surface area contributed by atoms with Gasteiger partial charge < -0.3 is 9.80 Å². The van der Waals surface area contributed by atoms with Gasteiger partial charge in [0.1, 0.15) is 0 Å². The van der Waals surface area contributed by atoms with Gasteiger partial charge in [0.2, 0.25) is 0 Å². The number of aromatic nitrogens is 1. The van der Waals surface area contributed by atoms with E-state index in [0.29, 0.717) is 12.0 Å². The number of anilines is 2. The summed E-state index contributed by atoms with van der Waals surface area (Å²) in [5.41, 5.74) is 5.07. The van der Waals surface area contributed by atoms with E-state index in [-0.39, 0.29) is 11.8 Å². The van der Waals surface area contributed by atoms with Crippen LogP contribution in [0.1, 0.15) is 41.6 Å². The molecule has 0 amide bonds. The quantitative estimate of drug-likeness (QED) is 0.767. The number of likely N-dealkylation sites (N-methyl/N-ethyl adjacent to an activating group) is 1. The lowest BCUT2D eigenvalue weighted by molar-refractivity contribution is 0.0743. The van der Waals surface area contributed by atoms with E-state index >= 15 is 0 Å². The standard InChI is InChI=1S/C23H28N4O/c1-3-19(23(28)16-7-10-24-11-8-16)26-12-9-20-18(15-26)17-5-4-6-21-22(17)27(20)14-13-25(21)2/h4-8,10-11,18-20H,3,9,12-15H2,1-2H3/t18-,19?,20-/m0/s1. The number of likely N-dealkylation sites (tertiary alicyclic amines) is 1. The van der Waals surface area contributed by atoms with Crippen molar-refractivity contribution in [2.75, 3.05) is 43.0 Å². The van der Waals surface area contributed by atoms with E-state index in [1.54, 1.807) is 12.4 Å². The fourth-order valence-corrected chi connectivity index (χ4v) is 5.54. The van der Waals surface area contributed by atoms with Crippen LogP contribution in [0, 0.1) is 0 Å². The lowest BCUT2D eigenvalue weighted by Crippen LogP contribution is -2.53. The second-order valence-corrected chi connectivity index (χ2v) is 8.31. The van der Waals surface area contributed by atoms with Gasteiger partial charge in [0, 0.05) is 63.1 Å². The van der Waals surface area contributed by atoms with Crippen molar-refractivity contribution in [3.63, 3.8) is 0 Å². The number of fused-ring (bicyclic) bond motifs is 3. The molecule has 0 spiro atoms. The highest BCUT2D eigenvalue weighted by molar-refractivity contribution is 6.00. The van der Waals surface area contributed by atoms with Gasteiger partial charge in [0.05, 0.1) is 17.4 Å². The Morgan fingerprint density at radius 2 is 2.00 bits per heavy atom. The molecule has 28 heavy (non-hydrogen) atoms. The van der Waals surface area contributed by atoms with Crippen LogP contribution >= 0.6 is 0 Å². The Morgan fingerprint density at radius 3 is 2.79 bits per heavy atom. The largest absolute Gasteiger partial charge is 0.371 e. The van der Waals surface area contributed by atoms with Crippen LogP contribution in [-0.4, -0.2) is 61.0 Å². The number of Topliss-reactive ketones (excluding diaryl/α,β-unsaturated/α-hetero) is 1. The summed E-state index contributed by atoms with van der Waals surface area (Å²) in [7, 11) is 2.20. The number of nitrogens with zero attached hydrogens (tertiary/aromatic N) is 4. The minimum atomic E-state index is -0.0446. The van der Waals surface area contributed by atoms with Crippen LogP contribution in [0.25, 0.3) is 0 Å². The van der Waals surface area contributed by atoms with E-state index in [4.69, 9.17) is 0 Å². The third-order valence-electron chi connectivity index (χ3n) is 6.92. The van der Waals surface area contributed by atoms with Gasteiger partial charge in [-0.05, 0) is 36.6 Å². The number of ketones is 1. The second-order valence-electron chi connectivity index (χ2n) is 8.31. The monoisotopic (exact) mass is 376 g/mol. The molecule has 2 aromatic rings. The van der Waals surface area contributed by atoms with Gasteiger partial charge in [-0.15, -0.1) is 0 Å². The van der Waals surface area contributed by atoms with Crippen molar-refractivity contribution >= 4 is 17.2 Å². The Bertz CT molecular complexity index is 883. The topological polar surface area (TPSA) is 39.7 Å². The first-order chi connectivity index (χ1) is 13.7. The van der Waals surface area contributed by atoms with Crippen LogP contribution in [0.5, 0.6) is 0 Å². The highest BCUT2D eigenvalue weighted by Crippen LogP contribution is 2.50. The molecule has 3 atom stereocenters. The molecule has 5 heteroatoms. The zero-order valence-corrected chi connectivity index (χ0v) is 16.7. The van der Waals surface area contributed by atoms with E-state index < -0.39 is 0 Å². The average molecular weight is 377 g/mol. The summed E-state index contributed by atoms with van der Waals surface area (Å²) in [5.74, 6) is 0.728. The van der Waals surface area contributed by atoms with Gasteiger partial charge in [-0.25, -0.2) is 0 Å². The van der Waals surface area contributed by atoms with Crippen molar-refractivity contribution in [1.29, 1.82) is 0 Å². The number of benzene rings is 1. The molecule has 0 saturated carbocycles. The molecule has 1 aromatic carbocycles. The van der Waals surface area contributed by atoms with Gasteiger partial charge in [0.15, 0.2) is 5.78 Å². The molecular formula is C23H28N4O. The SMILES string of the molecule is CCC(C(=O)c1ccncc1)N1CC[C@H]2[C@@H](C1)c1cccc3c1N2CCN3C. The summed E-state index contributed by atoms with van der Waals surface area (Å²) in [5, 5.41) is 0. The molecule has 5 rings (SSSR count). The summed E-state index contributed by atoms with van der Waals surface area (Å²) in [4.78, 5) is 24.7. The van der Waals surface area contributed by atoms with Crippen molar-refractivity contribution in [2.24, 2.45) is 0 Å². The van der Waals surface area contributed by atoms with E-state index in [0.717, 1.165) is 44.6 Å². The van der Waals surface area contributed by atoms with Gasteiger partial charge >= 0.3 is 0 Å². The molecule has 0 bridgehead atoms. The lowest BCUT2D eigenvalue weighted by Gasteiger charge is -2.43. The molecule has 1 fully saturated rings. The van der Waals surface area contributed by atoms with Gasteiger partial charge in [-0.2, -0.15) is 0 Å². The molecule has 1 aromatic heterocycles. The first-order valence-corrected chi connectivity index (χ1v) is 10.5. The van der Waals surface area contributed by atoms with Gasteiger partial charge in [-0.3, -0.25) is 14.7 Å². The van der Waals surface area contributed by atoms with Crippen LogP contribution in [0.2, 0.25) is 0 Å². The Kier molecular flexibility index (Phi) is 4.35. The Labute approximate surface area is 167 Å². The zero-order chi connectivity index (χ0) is 19.3. The maximum Gasteiger partial charge on any atom is 0.180 e. The fourth-order valence-electron chi connectivity index (χ4n) is 5.54. The molecule has 4 heterocycles. The Balaban J connectivity index is 1.43. The molecule has 0 N–H and O–H groups in total. The lowest BCUT2D eigenvalue weighted by atomic mass is 9.87. The third-order valence-corrected chi connectivity index (χ3v) is 6.92. The summed E-state index contributed by atoms with van der Waals surface area (Å²) < 4.78 is 0. The van der Waals surface area contributed by atoms with Crippen LogP contribution in [0.3, 0.4) is 0 Å². The molecule has 1 unspecified atom stereocenters. The summed E-state index contributed by atoms with van der Waals surface area (Å²) in [6, 6.07) is 11.0. The van der Waals surface area contributed by atoms with Crippen LogP contribution < -0.4 is 9.80 Å². The van der Waals surface area contributed by atoms with Crippen molar-refractivity contribution in [1.82, 2.24) is 9.88 Å². The third kappa shape index (κ3) is 2.64. The Hall–Kier alpha value is -2.40. The normalized spacial score (nSPS) is 24.6. The van der Waals surface area contributed by atoms with Crippen LogP contribution in [-0.2, 0) is 0 Å².